The summed E-state index contributed by atoms with van der Waals surface area (Å²) >= 11 is 0. The zero-order chi connectivity index (χ0) is 13.8. The third kappa shape index (κ3) is 2.93. The maximum absolute atomic E-state index is 9.57. The number of ether oxygens (including phenoxy) is 2. The van der Waals surface area contributed by atoms with E-state index < -0.39 is 0 Å². The number of piperazine rings is 1. The van der Waals surface area contributed by atoms with Crippen LogP contribution < -0.4 is 14.4 Å². The van der Waals surface area contributed by atoms with Crippen molar-refractivity contribution in [2.75, 3.05) is 52.4 Å². The van der Waals surface area contributed by atoms with E-state index in [0.29, 0.717) is 0 Å². The molecule has 106 valence electrons. The second-order valence-electron chi connectivity index (χ2n) is 4.83. The van der Waals surface area contributed by atoms with E-state index >= 15 is 0 Å². The van der Waals surface area contributed by atoms with Gasteiger partial charge in [-0.05, 0) is 19.2 Å². The van der Waals surface area contributed by atoms with Gasteiger partial charge in [-0.1, -0.05) is 0 Å². The zero-order valence-corrected chi connectivity index (χ0v) is 11.8. The molecule has 1 aliphatic heterocycles. The predicted octanol–water partition coefficient (Wildman–Crippen LogP) is 0.816. The minimum atomic E-state index is 0.0982. The molecule has 0 aliphatic carbocycles. The van der Waals surface area contributed by atoms with Crippen molar-refractivity contribution in [3.8, 4) is 11.5 Å². The van der Waals surface area contributed by atoms with Crippen LogP contribution in [0.5, 0.6) is 11.5 Å². The Morgan fingerprint density at radius 2 is 2.05 bits per heavy atom. The molecular formula is C14H22N2O3. The van der Waals surface area contributed by atoms with Crippen molar-refractivity contribution in [1.29, 1.82) is 0 Å². The molecule has 0 spiro atoms. The molecule has 1 aromatic carbocycles. The SMILES string of the molecule is COc1ccc(N2CCN(C)CC2CO)c(OC)c1. The lowest BCUT2D eigenvalue weighted by Gasteiger charge is -2.41. The Labute approximate surface area is 114 Å². The fraction of sp³-hybridized carbons (Fsp3) is 0.571. The molecule has 0 amide bonds. The molecule has 0 aromatic heterocycles. The van der Waals surface area contributed by atoms with Crippen molar-refractivity contribution in [1.82, 2.24) is 4.90 Å². The summed E-state index contributed by atoms with van der Waals surface area (Å²) in [6, 6.07) is 5.89. The van der Waals surface area contributed by atoms with Gasteiger partial charge in [-0.15, -0.1) is 0 Å². The van der Waals surface area contributed by atoms with E-state index in [0.717, 1.165) is 36.8 Å². The van der Waals surface area contributed by atoms with E-state index in [2.05, 4.69) is 16.8 Å². The van der Waals surface area contributed by atoms with Crippen LogP contribution in [-0.4, -0.2) is 63.6 Å². The third-order valence-corrected chi connectivity index (χ3v) is 3.59. The van der Waals surface area contributed by atoms with Crippen LogP contribution in [0.1, 0.15) is 0 Å². The van der Waals surface area contributed by atoms with Crippen LogP contribution in [0.4, 0.5) is 5.69 Å². The predicted molar refractivity (Wildman–Crippen MR) is 75.3 cm³/mol. The fourth-order valence-corrected chi connectivity index (χ4v) is 2.51. The number of hydrogen-bond acceptors (Lipinski definition) is 5. The zero-order valence-electron chi connectivity index (χ0n) is 11.8. The molecule has 2 rings (SSSR count). The van der Waals surface area contributed by atoms with E-state index in [4.69, 9.17) is 9.47 Å². The first-order chi connectivity index (χ1) is 9.19. The summed E-state index contributed by atoms with van der Waals surface area (Å²) in [4.78, 5) is 4.44. The lowest BCUT2D eigenvalue weighted by molar-refractivity contribution is 0.190. The second-order valence-corrected chi connectivity index (χ2v) is 4.83. The van der Waals surface area contributed by atoms with Crippen LogP contribution in [-0.2, 0) is 0 Å². The first kappa shape index (κ1) is 14.0. The number of hydrogen-bond donors (Lipinski definition) is 1. The largest absolute Gasteiger partial charge is 0.497 e. The fourth-order valence-electron chi connectivity index (χ4n) is 2.51. The minimum Gasteiger partial charge on any atom is -0.497 e. The van der Waals surface area contributed by atoms with Crippen molar-refractivity contribution in [2.24, 2.45) is 0 Å². The number of anilines is 1. The quantitative estimate of drug-likeness (QED) is 0.874. The highest BCUT2D eigenvalue weighted by Gasteiger charge is 2.26. The van der Waals surface area contributed by atoms with Gasteiger partial charge in [0.2, 0.25) is 0 Å². The topological polar surface area (TPSA) is 45.2 Å². The molecule has 19 heavy (non-hydrogen) atoms. The number of aliphatic hydroxyl groups excluding tert-OH is 1. The van der Waals surface area contributed by atoms with Crippen LogP contribution in [0.15, 0.2) is 18.2 Å². The molecule has 5 heteroatoms. The molecule has 0 bridgehead atoms. The minimum absolute atomic E-state index is 0.0982. The van der Waals surface area contributed by atoms with Gasteiger partial charge in [0.05, 0.1) is 32.6 Å². The lowest BCUT2D eigenvalue weighted by Crippen LogP contribution is -2.53. The Kier molecular flexibility index (Phi) is 4.50. The summed E-state index contributed by atoms with van der Waals surface area (Å²) < 4.78 is 10.7. The first-order valence-corrected chi connectivity index (χ1v) is 6.47. The van der Waals surface area contributed by atoms with Gasteiger partial charge in [0.15, 0.2) is 0 Å². The Hall–Kier alpha value is -1.46. The first-order valence-electron chi connectivity index (χ1n) is 6.47. The average molecular weight is 266 g/mol. The molecule has 1 atom stereocenters. The number of methoxy groups -OCH3 is 2. The summed E-state index contributed by atoms with van der Waals surface area (Å²) in [5.74, 6) is 1.55. The van der Waals surface area contributed by atoms with E-state index in [1.807, 2.05) is 18.2 Å². The molecule has 1 N–H and O–H groups in total. The van der Waals surface area contributed by atoms with Gasteiger partial charge < -0.3 is 24.4 Å². The Morgan fingerprint density at radius 1 is 1.26 bits per heavy atom. The average Bonchev–Trinajstić information content (AvgIpc) is 2.46. The molecule has 1 heterocycles. The van der Waals surface area contributed by atoms with E-state index in [9.17, 15) is 5.11 Å². The van der Waals surface area contributed by atoms with Gasteiger partial charge in [-0.25, -0.2) is 0 Å². The van der Waals surface area contributed by atoms with Crippen LogP contribution in [0.3, 0.4) is 0 Å². The normalized spacial score (nSPS) is 20.4. The van der Waals surface area contributed by atoms with E-state index in [-0.39, 0.29) is 12.6 Å². The van der Waals surface area contributed by atoms with Gasteiger partial charge in [0.25, 0.3) is 0 Å². The molecule has 1 unspecified atom stereocenters. The highest BCUT2D eigenvalue weighted by Crippen LogP contribution is 2.34. The van der Waals surface area contributed by atoms with E-state index in [1.165, 1.54) is 0 Å². The molecule has 0 radical (unpaired) electrons. The highest BCUT2D eigenvalue weighted by atomic mass is 16.5. The maximum Gasteiger partial charge on any atom is 0.145 e. The maximum atomic E-state index is 9.57. The van der Waals surface area contributed by atoms with Crippen molar-refractivity contribution >= 4 is 5.69 Å². The van der Waals surface area contributed by atoms with Crippen LogP contribution in [0.25, 0.3) is 0 Å². The number of aliphatic hydroxyl groups is 1. The third-order valence-electron chi connectivity index (χ3n) is 3.59. The summed E-state index contributed by atoms with van der Waals surface area (Å²) in [6.45, 7) is 2.85. The Balaban J connectivity index is 2.29. The lowest BCUT2D eigenvalue weighted by atomic mass is 10.1. The van der Waals surface area contributed by atoms with Crippen molar-refractivity contribution in [2.45, 2.75) is 6.04 Å². The van der Waals surface area contributed by atoms with Gasteiger partial charge >= 0.3 is 0 Å². The number of likely N-dealkylation sites (N-methyl/N-ethyl adjacent to an activating group) is 1. The number of rotatable bonds is 4. The van der Waals surface area contributed by atoms with Crippen molar-refractivity contribution < 1.29 is 14.6 Å². The number of benzene rings is 1. The second kappa shape index (κ2) is 6.12. The van der Waals surface area contributed by atoms with Crippen LogP contribution in [0, 0.1) is 0 Å². The molecule has 1 aromatic rings. The standard InChI is InChI=1S/C14H22N2O3/c1-15-6-7-16(11(9-15)10-17)13-5-4-12(18-2)8-14(13)19-3/h4-5,8,11,17H,6-7,9-10H2,1-3H3. The van der Waals surface area contributed by atoms with Crippen LogP contribution >= 0.6 is 0 Å². The van der Waals surface area contributed by atoms with Gasteiger partial charge in [0, 0.05) is 25.7 Å². The van der Waals surface area contributed by atoms with Gasteiger partial charge in [-0.2, -0.15) is 0 Å². The summed E-state index contributed by atoms with van der Waals surface area (Å²) in [5, 5.41) is 9.57. The Morgan fingerprint density at radius 3 is 2.68 bits per heavy atom. The monoisotopic (exact) mass is 266 g/mol. The summed E-state index contributed by atoms with van der Waals surface area (Å²) in [7, 11) is 5.37. The molecule has 1 aliphatic rings. The smallest absolute Gasteiger partial charge is 0.145 e. The molecule has 5 nitrogen and oxygen atoms in total. The summed E-state index contributed by atoms with van der Waals surface area (Å²) in [6.07, 6.45) is 0. The molecule has 0 saturated carbocycles. The highest BCUT2D eigenvalue weighted by molar-refractivity contribution is 5.62. The van der Waals surface area contributed by atoms with Crippen molar-refractivity contribution in [3.63, 3.8) is 0 Å². The van der Waals surface area contributed by atoms with Crippen LogP contribution in [0.2, 0.25) is 0 Å². The molecule has 1 fully saturated rings. The van der Waals surface area contributed by atoms with Gasteiger partial charge in [0.1, 0.15) is 11.5 Å². The van der Waals surface area contributed by atoms with Crippen molar-refractivity contribution in [3.05, 3.63) is 18.2 Å². The number of nitrogens with zero attached hydrogens (tertiary/aromatic N) is 2. The summed E-state index contributed by atoms with van der Waals surface area (Å²) in [5.41, 5.74) is 1.01. The Bertz CT molecular complexity index is 425. The van der Waals surface area contributed by atoms with Gasteiger partial charge in [-0.3, -0.25) is 0 Å². The molecule has 1 saturated heterocycles. The molecular weight excluding hydrogens is 244 g/mol. The van der Waals surface area contributed by atoms with E-state index in [1.54, 1.807) is 14.2 Å².